The first-order chi connectivity index (χ1) is 12.7. The number of anilines is 1. The van der Waals surface area contributed by atoms with E-state index in [0.29, 0.717) is 23.5 Å². The minimum atomic E-state index is -0.384. The maximum Gasteiger partial charge on any atom is 0.277 e. The van der Waals surface area contributed by atoms with E-state index < -0.39 is 0 Å². The summed E-state index contributed by atoms with van der Waals surface area (Å²) in [7, 11) is 0. The van der Waals surface area contributed by atoms with Crippen LogP contribution in [0.15, 0.2) is 64.2 Å². The van der Waals surface area contributed by atoms with Crippen LogP contribution in [0, 0.1) is 0 Å². The fourth-order valence-electron chi connectivity index (χ4n) is 2.26. The number of carbonyl (C=O) groups excluding carboxylic acids is 1. The number of hydrogen-bond acceptors (Lipinski definition) is 6. The van der Waals surface area contributed by atoms with Crippen molar-refractivity contribution in [1.82, 2.24) is 10.2 Å². The fraction of sp³-hybridized carbons (Fsp3) is 0.211. The number of nitrogens with one attached hydrogen (secondary N) is 1. The first kappa shape index (κ1) is 18.0. The number of aromatic nitrogens is 2. The van der Waals surface area contributed by atoms with Gasteiger partial charge in [0.05, 0.1) is 17.4 Å². The van der Waals surface area contributed by atoms with Gasteiger partial charge in [-0.15, -0.1) is 10.2 Å². The Morgan fingerprint density at radius 3 is 2.65 bits per heavy atom. The van der Waals surface area contributed by atoms with Gasteiger partial charge in [-0.05, 0) is 38.1 Å². The molecule has 3 rings (SSSR count). The highest BCUT2D eigenvalue weighted by atomic mass is 32.2. The summed E-state index contributed by atoms with van der Waals surface area (Å²) in [5.41, 5.74) is 1.48. The van der Waals surface area contributed by atoms with Gasteiger partial charge in [0.15, 0.2) is 0 Å². The van der Waals surface area contributed by atoms with Gasteiger partial charge >= 0.3 is 0 Å². The zero-order chi connectivity index (χ0) is 18.4. The van der Waals surface area contributed by atoms with Gasteiger partial charge in [-0.1, -0.05) is 42.1 Å². The largest absolute Gasteiger partial charge is 0.493 e. The van der Waals surface area contributed by atoms with Crippen LogP contribution in [0.1, 0.15) is 13.8 Å². The van der Waals surface area contributed by atoms with E-state index in [0.717, 1.165) is 11.3 Å². The molecule has 3 aromatic rings. The van der Waals surface area contributed by atoms with Gasteiger partial charge in [0.25, 0.3) is 11.1 Å². The van der Waals surface area contributed by atoms with Crippen LogP contribution in [0.2, 0.25) is 0 Å². The number of ether oxygens (including phenoxy) is 1. The van der Waals surface area contributed by atoms with Gasteiger partial charge in [0, 0.05) is 5.69 Å². The van der Waals surface area contributed by atoms with Crippen molar-refractivity contribution in [3.63, 3.8) is 0 Å². The molecular formula is C19H19N3O3S. The van der Waals surface area contributed by atoms with Crippen LogP contribution in [0.25, 0.3) is 11.5 Å². The summed E-state index contributed by atoms with van der Waals surface area (Å²) in [6.45, 7) is 4.25. The zero-order valence-electron chi connectivity index (χ0n) is 14.5. The molecule has 0 radical (unpaired) electrons. The van der Waals surface area contributed by atoms with Crippen molar-refractivity contribution in [2.45, 2.75) is 24.3 Å². The van der Waals surface area contributed by atoms with Crippen molar-refractivity contribution in [2.24, 2.45) is 0 Å². The van der Waals surface area contributed by atoms with E-state index in [1.807, 2.05) is 61.5 Å². The summed E-state index contributed by atoms with van der Waals surface area (Å²) in [6.07, 6.45) is 0. The van der Waals surface area contributed by atoms with Crippen LogP contribution in [0.4, 0.5) is 5.69 Å². The lowest BCUT2D eigenvalue weighted by atomic mass is 10.2. The number of amides is 1. The molecule has 7 heteroatoms. The van der Waals surface area contributed by atoms with Crippen molar-refractivity contribution in [3.05, 3.63) is 54.6 Å². The Morgan fingerprint density at radius 2 is 1.88 bits per heavy atom. The van der Waals surface area contributed by atoms with E-state index in [9.17, 15) is 4.79 Å². The van der Waals surface area contributed by atoms with E-state index >= 15 is 0 Å². The van der Waals surface area contributed by atoms with Crippen molar-refractivity contribution in [3.8, 4) is 17.2 Å². The van der Waals surface area contributed by atoms with Gasteiger partial charge in [-0.3, -0.25) is 4.79 Å². The normalized spacial score (nSPS) is 11.8. The van der Waals surface area contributed by atoms with Crippen molar-refractivity contribution in [1.29, 1.82) is 0 Å². The molecule has 0 bridgehead atoms. The van der Waals surface area contributed by atoms with Crippen LogP contribution >= 0.6 is 11.8 Å². The number of nitrogens with zero attached hydrogens (tertiary/aromatic N) is 2. The first-order valence-corrected chi connectivity index (χ1v) is 9.13. The number of rotatable bonds is 7. The third-order valence-corrected chi connectivity index (χ3v) is 4.45. The minimum absolute atomic E-state index is 0.129. The standard InChI is InChI=1S/C19H19N3O3S/c1-3-24-16-12-8-7-11-15(16)18-21-22-19(25-18)26-13(2)17(23)20-14-9-5-4-6-10-14/h4-13H,3H2,1-2H3,(H,20,23)/t13-/m1/s1. The quantitative estimate of drug-likeness (QED) is 0.627. The van der Waals surface area contributed by atoms with Crippen LogP contribution in [-0.2, 0) is 4.79 Å². The molecule has 1 aromatic heterocycles. The Labute approximate surface area is 156 Å². The highest BCUT2D eigenvalue weighted by molar-refractivity contribution is 8.00. The van der Waals surface area contributed by atoms with Gasteiger partial charge in [-0.2, -0.15) is 0 Å². The highest BCUT2D eigenvalue weighted by Gasteiger charge is 2.20. The molecule has 2 aromatic carbocycles. The van der Waals surface area contributed by atoms with E-state index in [1.165, 1.54) is 11.8 Å². The summed E-state index contributed by atoms with van der Waals surface area (Å²) in [5, 5.41) is 10.9. The molecule has 0 aliphatic rings. The summed E-state index contributed by atoms with van der Waals surface area (Å²) >= 11 is 1.21. The molecule has 0 fully saturated rings. The van der Waals surface area contributed by atoms with Crippen molar-refractivity contribution < 1.29 is 13.9 Å². The second-order valence-corrected chi connectivity index (χ2v) is 6.71. The molecule has 0 saturated heterocycles. The molecule has 0 aliphatic carbocycles. The predicted octanol–water partition coefficient (Wildman–Crippen LogP) is 4.25. The SMILES string of the molecule is CCOc1ccccc1-c1nnc(S[C@H](C)C(=O)Nc2ccccc2)o1. The second-order valence-electron chi connectivity index (χ2n) is 5.42. The maximum absolute atomic E-state index is 12.3. The molecule has 0 saturated carbocycles. The lowest BCUT2D eigenvalue weighted by Gasteiger charge is -2.09. The van der Waals surface area contributed by atoms with Crippen LogP contribution in [0.3, 0.4) is 0 Å². The average molecular weight is 369 g/mol. The molecule has 0 spiro atoms. The van der Waals surface area contributed by atoms with E-state index in [4.69, 9.17) is 9.15 Å². The van der Waals surface area contributed by atoms with Gasteiger partial charge in [-0.25, -0.2) is 0 Å². The predicted molar refractivity (Wildman–Crippen MR) is 101 cm³/mol. The Bertz CT molecular complexity index is 867. The van der Waals surface area contributed by atoms with Gasteiger partial charge in [0.2, 0.25) is 5.91 Å². The lowest BCUT2D eigenvalue weighted by Crippen LogP contribution is -2.22. The summed E-state index contributed by atoms with van der Waals surface area (Å²) in [6, 6.07) is 16.8. The number of benzene rings is 2. The Balaban J connectivity index is 1.67. The van der Waals surface area contributed by atoms with Crippen LogP contribution in [0.5, 0.6) is 5.75 Å². The summed E-state index contributed by atoms with van der Waals surface area (Å²) in [4.78, 5) is 12.3. The molecule has 1 heterocycles. The molecule has 26 heavy (non-hydrogen) atoms. The third kappa shape index (κ3) is 4.43. The molecular weight excluding hydrogens is 350 g/mol. The number of para-hydroxylation sites is 2. The van der Waals surface area contributed by atoms with E-state index in [1.54, 1.807) is 6.92 Å². The topological polar surface area (TPSA) is 77.2 Å². The maximum atomic E-state index is 12.3. The first-order valence-electron chi connectivity index (χ1n) is 8.25. The third-order valence-electron chi connectivity index (χ3n) is 3.51. The Hall–Kier alpha value is -2.80. The molecule has 0 aliphatic heterocycles. The molecule has 6 nitrogen and oxygen atoms in total. The number of hydrogen-bond donors (Lipinski definition) is 1. The lowest BCUT2D eigenvalue weighted by molar-refractivity contribution is -0.115. The highest BCUT2D eigenvalue weighted by Crippen LogP contribution is 2.31. The Kier molecular flexibility index (Phi) is 5.91. The van der Waals surface area contributed by atoms with Gasteiger partial charge < -0.3 is 14.5 Å². The molecule has 0 unspecified atom stereocenters. The van der Waals surface area contributed by atoms with Crippen molar-refractivity contribution in [2.75, 3.05) is 11.9 Å². The fourth-order valence-corrected chi connectivity index (χ4v) is 2.94. The minimum Gasteiger partial charge on any atom is -0.493 e. The zero-order valence-corrected chi connectivity index (χ0v) is 15.3. The number of thioether (sulfide) groups is 1. The molecule has 1 amide bonds. The van der Waals surface area contributed by atoms with E-state index in [2.05, 4.69) is 15.5 Å². The Morgan fingerprint density at radius 1 is 1.15 bits per heavy atom. The second kappa shape index (κ2) is 8.53. The molecule has 134 valence electrons. The summed E-state index contributed by atoms with van der Waals surface area (Å²) < 4.78 is 11.3. The van der Waals surface area contributed by atoms with E-state index in [-0.39, 0.29) is 11.2 Å². The van der Waals surface area contributed by atoms with Gasteiger partial charge in [0.1, 0.15) is 5.75 Å². The van der Waals surface area contributed by atoms with Crippen LogP contribution < -0.4 is 10.1 Å². The van der Waals surface area contributed by atoms with Crippen LogP contribution in [-0.4, -0.2) is 28.0 Å². The molecule has 1 N–H and O–H groups in total. The number of carbonyl (C=O) groups is 1. The smallest absolute Gasteiger partial charge is 0.277 e. The van der Waals surface area contributed by atoms with Crippen molar-refractivity contribution >= 4 is 23.4 Å². The average Bonchev–Trinajstić information content (AvgIpc) is 3.11. The monoisotopic (exact) mass is 369 g/mol. The molecule has 1 atom stereocenters. The summed E-state index contributed by atoms with van der Waals surface area (Å²) in [5.74, 6) is 0.924.